The van der Waals surface area contributed by atoms with Gasteiger partial charge in [-0.15, -0.1) is 11.3 Å². The predicted octanol–water partition coefficient (Wildman–Crippen LogP) is 2.43. The molecule has 3 rings (SSSR count). The summed E-state index contributed by atoms with van der Waals surface area (Å²) in [6, 6.07) is 11.0. The molecule has 2 heterocycles. The molecular formula is C14H11N5OS. The largest absolute Gasteiger partial charge is 0.484 e. The Morgan fingerprint density at radius 3 is 2.95 bits per heavy atom. The van der Waals surface area contributed by atoms with Gasteiger partial charge in [-0.2, -0.15) is 5.26 Å². The first-order chi connectivity index (χ1) is 10.3. The van der Waals surface area contributed by atoms with E-state index in [0.717, 1.165) is 10.2 Å². The number of ether oxygens (including phenoxy) is 1. The summed E-state index contributed by atoms with van der Waals surface area (Å²) in [4.78, 5) is 9.57. The van der Waals surface area contributed by atoms with E-state index in [9.17, 15) is 0 Å². The van der Waals surface area contributed by atoms with E-state index in [4.69, 9.17) is 15.8 Å². The van der Waals surface area contributed by atoms with Crippen molar-refractivity contribution in [3.8, 4) is 11.8 Å². The molecule has 3 aromatic rings. The van der Waals surface area contributed by atoms with Crippen molar-refractivity contribution in [3.63, 3.8) is 0 Å². The van der Waals surface area contributed by atoms with Gasteiger partial charge in [0, 0.05) is 0 Å². The summed E-state index contributed by atoms with van der Waals surface area (Å²) in [6.07, 6.45) is 0. The highest BCUT2D eigenvalue weighted by molar-refractivity contribution is 7.16. The van der Waals surface area contributed by atoms with Crippen molar-refractivity contribution in [2.75, 3.05) is 5.43 Å². The Hall–Kier alpha value is -2.69. The Morgan fingerprint density at radius 1 is 1.29 bits per heavy atom. The first-order valence-corrected chi connectivity index (χ1v) is 7.02. The van der Waals surface area contributed by atoms with Gasteiger partial charge in [0.2, 0.25) is 0 Å². The SMILES string of the molecule is N#Cc1ccccc1OCc1nc(NN)c2ccsc2n1. The van der Waals surface area contributed by atoms with Crippen molar-refractivity contribution >= 4 is 27.4 Å². The first kappa shape index (κ1) is 13.3. The Balaban J connectivity index is 1.87. The van der Waals surface area contributed by atoms with Crippen molar-refractivity contribution in [2.24, 2.45) is 5.84 Å². The fourth-order valence-corrected chi connectivity index (χ4v) is 2.68. The van der Waals surface area contributed by atoms with E-state index < -0.39 is 0 Å². The molecule has 0 saturated heterocycles. The minimum atomic E-state index is 0.168. The van der Waals surface area contributed by atoms with E-state index in [1.165, 1.54) is 11.3 Å². The molecule has 0 radical (unpaired) electrons. The fourth-order valence-electron chi connectivity index (χ4n) is 1.90. The quantitative estimate of drug-likeness (QED) is 0.567. The number of rotatable bonds is 4. The second kappa shape index (κ2) is 5.75. The predicted molar refractivity (Wildman–Crippen MR) is 80.7 cm³/mol. The summed E-state index contributed by atoms with van der Waals surface area (Å²) >= 11 is 1.51. The number of nitrogen functional groups attached to an aromatic ring is 1. The molecule has 104 valence electrons. The number of anilines is 1. The highest BCUT2D eigenvalue weighted by Gasteiger charge is 2.09. The molecule has 2 aromatic heterocycles. The Bertz CT molecular complexity index is 824. The molecule has 0 aliphatic rings. The number of para-hydroxylation sites is 1. The minimum absolute atomic E-state index is 0.168. The monoisotopic (exact) mass is 297 g/mol. The van der Waals surface area contributed by atoms with Crippen LogP contribution in [0.2, 0.25) is 0 Å². The van der Waals surface area contributed by atoms with Crippen LogP contribution >= 0.6 is 11.3 Å². The average molecular weight is 297 g/mol. The first-order valence-electron chi connectivity index (χ1n) is 6.14. The molecule has 0 spiro atoms. The topological polar surface area (TPSA) is 96.8 Å². The van der Waals surface area contributed by atoms with Crippen LogP contribution in [-0.2, 0) is 6.61 Å². The lowest BCUT2D eigenvalue weighted by Crippen LogP contribution is -2.11. The van der Waals surface area contributed by atoms with Crippen molar-refractivity contribution in [2.45, 2.75) is 6.61 Å². The number of hydrazine groups is 1. The number of hydrogen-bond acceptors (Lipinski definition) is 7. The van der Waals surface area contributed by atoms with Crippen LogP contribution < -0.4 is 16.0 Å². The summed E-state index contributed by atoms with van der Waals surface area (Å²) in [5.41, 5.74) is 3.04. The van der Waals surface area contributed by atoms with Gasteiger partial charge in [-0.3, -0.25) is 0 Å². The number of nitrogens with two attached hydrogens (primary N) is 1. The third-order valence-corrected chi connectivity index (χ3v) is 3.68. The molecule has 3 N–H and O–H groups in total. The van der Waals surface area contributed by atoms with Crippen molar-refractivity contribution in [3.05, 3.63) is 47.1 Å². The van der Waals surface area contributed by atoms with Crippen LogP contribution in [0.5, 0.6) is 5.75 Å². The summed E-state index contributed by atoms with van der Waals surface area (Å²) in [7, 11) is 0. The van der Waals surface area contributed by atoms with E-state index in [1.54, 1.807) is 18.2 Å². The maximum absolute atomic E-state index is 9.03. The van der Waals surface area contributed by atoms with E-state index in [1.807, 2.05) is 17.5 Å². The van der Waals surface area contributed by atoms with Crippen molar-refractivity contribution < 1.29 is 4.74 Å². The van der Waals surface area contributed by atoms with Crippen LogP contribution in [0, 0.1) is 11.3 Å². The van der Waals surface area contributed by atoms with E-state index in [-0.39, 0.29) is 6.61 Å². The van der Waals surface area contributed by atoms with Gasteiger partial charge in [-0.1, -0.05) is 12.1 Å². The molecule has 0 unspecified atom stereocenters. The smallest absolute Gasteiger partial charge is 0.169 e. The number of hydrogen-bond donors (Lipinski definition) is 2. The van der Waals surface area contributed by atoms with Crippen LogP contribution in [0.25, 0.3) is 10.2 Å². The summed E-state index contributed by atoms with van der Waals surface area (Å²) in [5.74, 6) is 7.06. The Kier molecular flexibility index (Phi) is 3.64. The van der Waals surface area contributed by atoms with Crippen LogP contribution in [0.15, 0.2) is 35.7 Å². The van der Waals surface area contributed by atoms with Gasteiger partial charge < -0.3 is 10.2 Å². The second-order valence-corrected chi connectivity index (χ2v) is 5.06. The highest BCUT2D eigenvalue weighted by atomic mass is 32.1. The van der Waals surface area contributed by atoms with E-state index >= 15 is 0 Å². The number of nitrogens with one attached hydrogen (secondary N) is 1. The van der Waals surface area contributed by atoms with E-state index in [2.05, 4.69) is 21.5 Å². The molecule has 0 atom stereocenters. The molecule has 0 bridgehead atoms. The average Bonchev–Trinajstić information content (AvgIpc) is 3.00. The van der Waals surface area contributed by atoms with Crippen LogP contribution in [-0.4, -0.2) is 9.97 Å². The standard InChI is InChI=1S/C14H11N5OS/c15-7-9-3-1-2-4-11(9)20-8-12-17-13(19-16)10-5-6-21-14(10)18-12/h1-6H,8,16H2,(H,17,18,19). The van der Waals surface area contributed by atoms with Gasteiger partial charge in [0.25, 0.3) is 0 Å². The van der Waals surface area contributed by atoms with E-state index in [0.29, 0.717) is 23.0 Å². The molecule has 0 fully saturated rings. The molecular weight excluding hydrogens is 286 g/mol. The number of fused-ring (bicyclic) bond motifs is 1. The molecule has 21 heavy (non-hydrogen) atoms. The zero-order valence-corrected chi connectivity index (χ0v) is 11.7. The lowest BCUT2D eigenvalue weighted by atomic mass is 10.2. The molecule has 1 aromatic carbocycles. The number of benzene rings is 1. The molecule has 0 aliphatic heterocycles. The van der Waals surface area contributed by atoms with Gasteiger partial charge in [0.1, 0.15) is 23.3 Å². The third-order valence-electron chi connectivity index (χ3n) is 2.87. The zero-order chi connectivity index (χ0) is 14.7. The normalized spacial score (nSPS) is 10.3. The van der Waals surface area contributed by atoms with Gasteiger partial charge in [0.05, 0.1) is 10.9 Å². The maximum atomic E-state index is 9.03. The Morgan fingerprint density at radius 2 is 2.14 bits per heavy atom. The number of aromatic nitrogens is 2. The van der Waals surface area contributed by atoms with Gasteiger partial charge in [0.15, 0.2) is 11.6 Å². The van der Waals surface area contributed by atoms with Crippen LogP contribution in [0.3, 0.4) is 0 Å². The molecule has 0 amide bonds. The zero-order valence-electron chi connectivity index (χ0n) is 10.9. The molecule has 0 aliphatic carbocycles. The summed E-state index contributed by atoms with van der Waals surface area (Å²) < 4.78 is 5.63. The summed E-state index contributed by atoms with van der Waals surface area (Å²) in [5, 5.41) is 11.8. The maximum Gasteiger partial charge on any atom is 0.169 e. The van der Waals surface area contributed by atoms with Gasteiger partial charge in [-0.05, 0) is 23.6 Å². The second-order valence-electron chi connectivity index (χ2n) is 4.17. The van der Waals surface area contributed by atoms with Gasteiger partial charge in [-0.25, -0.2) is 15.8 Å². The minimum Gasteiger partial charge on any atom is -0.484 e. The third kappa shape index (κ3) is 2.63. The Labute approximate surface area is 124 Å². The van der Waals surface area contributed by atoms with Crippen molar-refractivity contribution in [1.29, 1.82) is 5.26 Å². The number of thiophene rings is 1. The lowest BCUT2D eigenvalue weighted by Gasteiger charge is -2.08. The molecule has 0 saturated carbocycles. The lowest BCUT2D eigenvalue weighted by molar-refractivity contribution is 0.296. The highest BCUT2D eigenvalue weighted by Crippen LogP contribution is 2.25. The number of nitrogens with zero attached hydrogens (tertiary/aromatic N) is 3. The van der Waals surface area contributed by atoms with Crippen LogP contribution in [0.4, 0.5) is 5.82 Å². The molecule has 6 nitrogen and oxygen atoms in total. The fraction of sp³-hybridized carbons (Fsp3) is 0.0714. The molecule has 7 heteroatoms. The number of nitriles is 1. The van der Waals surface area contributed by atoms with Crippen molar-refractivity contribution in [1.82, 2.24) is 9.97 Å². The van der Waals surface area contributed by atoms with Gasteiger partial charge >= 0.3 is 0 Å². The van der Waals surface area contributed by atoms with Crippen LogP contribution in [0.1, 0.15) is 11.4 Å². The summed E-state index contributed by atoms with van der Waals surface area (Å²) in [6.45, 7) is 0.168.